The fourth-order valence-electron chi connectivity index (χ4n) is 2.77. The van der Waals surface area contributed by atoms with Crippen LogP contribution in [0.3, 0.4) is 0 Å². The average molecular weight is 226 g/mol. The van der Waals surface area contributed by atoms with E-state index in [1.807, 2.05) is 0 Å². The van der Waals surface area contributed by atoms with Gasteiger partial charge in [-0.2, -0.15) is 0 Å². The highest BCUT2D eigenvalue weighted by atomic mass is 15.2. The predicted octanol–water partition coefficient (Wildman–Crippen LogP) is 2.87. The quantitative estimate of drug-likeness (QED) is 0.781. The molecular formula is C14H30N2. The molecule has 2 nitrogen and oxygen atoms in total. The molecule has 0 aromatic heterocycles. The third-order valence-corrected chi connectivity index (χ3v) is 3.58. The maximum Gasteiger partial charge on any atom is 0.0100 e. The molecule has 0 spiro atoms. The van der Waals surface area contributed by atoms with Crippen molar-refractivity contribution in [1.29, 1.82) is 0 Å². The molecule has 0 aromatic rings. The molecule has 0 saturated carbocycles. The van der Waals surface area contributed by atoms with Gasteiger partial charge in [0.05, 0.1) is 0 Å². The molecule has 1 rings (SSSR count). The van der Waals surface area contributed by atoms with Crippen LogP contribution < -0.4 is 5.73 Å². The van der Waals surface area contributed by atoms with Crippen molar-refractivity contribution in [3.8, 4) is 0 Å². The van der Waals surface area contributed by atoms with E-state index in [1.165, 1.54) is 38.8 Å². The second-order valence-electron chi connectivity index (χ2n) is 6.29. The van der Waals surface area contributed by atoms with Crippen molar-refractivity contribution in [3.05, 3.63) is 0 Å². The molecule has 1 fully saturated rings. The van der Waals surface area contributed by atoms with Gasteiger partial charge in [-0.1, -0.05) is 27.7 Å². The van der Waals surface area contributed by atoms with E-state index in [4.69, 9.17) is 5.73 Å². The molecule has 16 heavy (non-hydrogen) atoms. The lowest BCUT2D eigenvalue weighted by Crippen LogP contribution is -2.45. The smallest absolute Gasteiger partial charge is 0.0100 e. The molecule has 1 aliphatic rings. The Balaban J connectivity index is 2.47. The highest BCUT2D eigenvalue weighted by Crippen LogP contribution is 2.22. The highest BCUT2D eigenvalue weighted by molar-refractivity contribution is 4.81. The van der Waals surface area contributed by atoms with Crippen molar-refractivity contribution in [2.75, 3.05) is 13.1 Å². The fraction of sp³-hybridized carbons (Fsp3) is 1.00. The molecular weight excluding hydrogens is 196 g/mol. The van der Waals surface area contributed by atoms with Crippen molar-refractivity contribution in [1.82, 2.24) is 4.90 Å². The number of rotatable bonds is 5. The van der Waals surface area contributed by atoms with Gasteiger partial charge in [0.2, 0.25) is 0 Å². The van der Waals surface area contributed by atoms with E-state index >= 15 is 0 Å². The summed E-state index contributed by atoms with van der Waals surface area (Å²) in [6, 6.07) is 1.24. The first-order valence-corrected chi connectivity index (χ1v) is 6.98. The van der Waals surface area contributed by atoms with Gasteiger partial charge in [0.25, 0.3) is 0 Å². The fourth-order valence-corrected chi connectivity index (χ4v) is 2.77. The van der Waals surface area contributed by atoms with E-state index in [2.05, 4.69) is 32.6 Å². The molecule has 1 aliphatic heterocycles. The normalized spacial score (nSPS) is 20.2. The lowest BCUT2D eigenvalue weighted by molar-refractivity contribution is 0.119. The van der Waals surface area contributed by atoms with Gasteiger partial charge < -0.3 is 10.6 Å². The van der Waals surface area contributed by atoms with Crippen molar-refractivity contribution in [2.24, 2.45) is 17.6 Å². The highest BCUT2D eigenvalue weighted by Gasteiger charge is 2.24. The average Bonchev–Trinajstić information content (AvgIpc) is 2.16. The molecule has 0 aliphatic carbocycles. The largest absolute Gasteiger partial charge is 0.328 e. The van der Waals surface area contributed by atoms with Gasteiger partial charge in [-0.3, -0.25) is 0 Å². The molecule has 2 N–H and O–H groups in total. The van der Waals surface area contributed by atoms with Gasteiger partial charge in [-0.25, -0.2) is 0 Å². The van der Waals surface area contributed by atoms with Gasteiger partial charge in [-0.05, 0) is 50.6 Å². The zero-order chi connectivity index (χ0) is 12.1. The van der Waals surface area contributed by atoms with Crippen molar-refractivity contribution in [2.45, 2.75) is 65.5 Å². The molecule has 0 radical (unpaired) electrons. The molecule has 0 amide bonds. The lowest BCUT2D eigenvalue weighted by atomic mass is 9.92. The summed E-state index contributed by atoms with van der Waals surface area (Å²) in [5.41, 5.74) is 5.97. The van der Waals surface area contributed by atoms with Crippen LogP contribution in [0, 0.1) is 11.8 Å². The lowest BCUT2D eigenvalue weighted by Gasteiger charge is -2.38. The van der Waals surface area contributed by atoms with E-state index in [9.17, 15) is 0 Å². The van der Waals surface area contributed by atoms with Crippen LogP contribution in [0.15, 0.2) is 0 Å². The van der Waals surface area contributed by atoms with E-state index in [-0.39, 0.29) is 0 Å². The number of likely N-dealkylation sites (tertiary alicyclic amines) is 1. The zero-order valence-corrected chi connectivity index (χ0v) is 11.6. The first-order valence-electron chi connectivity index (χ1n) is 6.98. The number of hydrogen-bond acceptors (Lipinski definition) is 2. The Labute approximate surface area is 102 Å². The van der Waals surface area contributed by atoms with Crippen LogP contribution >= 0.6 is 0 Å². The van der Waals surface area contributed by atoms with Crippen LogP contribution in [0.2, 0.25) is 0 Å². The third kappa shape index (κ3) is 4.84. The molecule has 1 heterocycles. The number of nitrogens with two attached hydrogens (primary N) is 1. The molecule has 1 saturated heterocycles. The Morgan fingerprint density at radius 3 is 1.81 bits per heavy atom. The van der Waals surface area contributed by atoms with Crippen LogP contribution in [-0.2, 0) is 0 Å². The summed E-state index contributed by atoms with van der Waals surface area (Å²) >= 11 is 0. The first-order chi connectivity index (χ1) is 7.49. The van der Waals surface area contributed by atoms with Gasteiger partial charge in [0, 0.05) is 12.1 Å². The summed E-state index contributed by atoms with van der Waals surface area (Å²) in [6.07, 6.45) is 5.06. The van der Waals surface area contributed by atoms with E-state index < -0.39 is 0 Å². The Kier molecular flexibility index (Phi) is 5.77. The second-order valence-corrected chi connectivity index (χ2v) is 6.29. The molecule has 2 heteroatoms. The van der Waals surface area contributed by atoms with Crippen molar-refractivity contribution >= 4 is 0 Å². The summed E-state index contributed by atoms with van der Waals surface area (Å²) in [4.78, 5) is 2.68. The monoisotopic (exact) mass is 226 g/mol. The second kappa shape index (κ2) is 6.61. The Morgan fingerprint density at radius 1 is 1.00 bits per heavy atom. The summed E-state index contributed by atoms with van der Waals surface area (Å²) in [5, 5.41) is 0. The van der Waals surface area contributed by atoms with Gasteiger partial charge >= 0.3 is 0 Å². The van der Waals surface area contributed by atoms with Crippen molar-refractivity contribution < 1.29 is 0 Å². The van der Waals surface area contributed by atoms with Crippen LogP contribution in [0.4, 0.5) is 0 Å². The number of nitrogens with zero attached hydrogens (tertiary/aromatic N) is 1. The summed E-state index contributed by atoms with van der Waals surface area (Å²) in [5.74, 6) is 1.61. The topological polar surface area (TPSA) is 29.3 Å². The molecule has 0 unspecified atom stereocenters. The standard InChI is InChI=1S/C14H30N2/c1-11(2)9-14(10-12(3)4)16-7-5-13(15)6-8-16/h11-14H,5-10,15H2,1-4H3. The van der Waals surface area contributed by atoms with Crippen LogP contribution in [0.1, 0.15) is 53.4 Å². The predicted molar refractivity (Wildman–Crippen MR) is 71.5 cm³/mol. The SMILES string of the molecule is CC(C)CC(CC(C)C)N1CCC(N)CC1. The van der Waals surface area contributed by atoms with Crippen LogP contribution in [-0.4, -0.2) is 30.1 Å². The molecule has 96 valence electrons. The van der Waals surface area contributed by atoms with Gasteiger partial charge in [-0.15, -0.1) is 0 Å². The summed E-state index contributed by atoms with van der Waals surface area (Å²) in [6.45, 7) is 11.8. The maximum atomic E-state index is 5.97. The maximum absolute atomic E-state index is 5.97. The van der Waals surface area contributed by atoms with Crippen LogP contribution in [0.25, 0.3) is 0 Å². The minimum absolute atomic E-state index is 0.454. The molecule has 0 aromatic carbocycles. The number of piperidine rings is 1. The Bertz CT molecular complexity index is 171. The van der Waals surface area contributed by atoms with E-state index in [1.54, 1.807) is 0 Å². The third-order valence-electron chi connectivity index (χ3n) is 3.58. The van der Waals surface area contributed by atoms with Gasteiger partial charge in [0.15, 0.2) is 0 Å². The van der Waals surface area contributed by atoms with E-state index in [0.717, 1.165) is 17.9 Å². The Morgan fingerprint density at radius 2 is 1.44 bits per heavy atom. The van der Waals surface area contributed by atoms with Crippen molar-refractivity contribution in [3.63, 3.8) is 0 Å². The van der Waals surface area contributed by atoms with Crippen LogP contribution in [0.5, 0.6) is 0 Å². The molecule has 0 bridgehead atoms. The van der Waals surface area contributed by atoms with E-state index in [0.29, 0.717) is 6.04 Å². The minimum Gasteiger partial charge on any atom is -0.328 e. The molecule has 0 atom stereocenters. The minimum atomic E-state index is 0.454. The zero-order valence-electron chi connectivity index (χ0n) is 11.6. The van der Waals surface area contributed by atoms with Gasteiger partial charge in [0.1, 0.15) is 0 Å². The summed E-state index contributed by atoms with van der Waals surface area (Å²) < 4.78 is 0. The Hall–Kier alpha value is -0.0800. The first kappa shape index (κ1) is 14.0. The summed E-state index contributed by atoms with van der Waals surface area (Å²) in [7, 11) is 0. The number of hydrogen-bond donors (Lipinski definition) is 1.